The summed E-state index contributed by atoms with van der Waals surface area (Å²) in [7, 11) is 4.70. The predicted octanol–water partition coefficient (Wildman–Crippen LogP) is 3.27. The lowest BCUT2D eigenvalue weighted by Gasteiger charge is -2.54. The van der Waals surface area contributed by atoms with E-state index in [-0.39, 0.29) is 5.91 Å². The van der Waals surface area contributed by atoms with Gasteiger partial charge in [-0.1, -0.05) is 0 Å². The number of ether oxygens (including phenoxy) is 3. The van der Waals surface area contributed by atoms with Gasteiger partial charge in [-0.25, -0.2) is 0 Å². The maximum absolute atomic E-state index is 12.9. The van der Waals surface area contributed by atoms with Crippen molar-refractivity contribution in [2.24, 2.45) is 23.7 Å². The standard InChI is InChI=1S/C20H27NO4/c1-23-16-9-15(10-17(24-2)19(16)25-3)20(22)21-18-13-5-11-4-12(7-13)8-14(18)6-11/h9-14,18H,4-8H2,1-3H3,(H,21,22). The highest BCUT2D eigenvalue weighted by Crippen LogP contribution is 2.53. The molecule has 1 N–H and O–H groups in total. The minimum absolute atomic E-state index is 0.0447. The maximum atomic E-state index is 12.9. The van der Waals surface area contributed by atoms with Crippen molar-refractivity contribution in [3.8, 4) is 17.2 Å². The lowest BCUT2D eigenvalue weighted by Crippen LogP contribution is -2.55. The van der Waals surface area contributed by atoms with Crippen molar-refractivity contribution in [3.05, 3.63) is 17.7 Å². The van der Waals surface area contributed by atoms with E-state index in [1.54, 1.807) is 33.5 Å². The second-order valence-corrected chi connectivity index (χ2v) is 7.84. The Labute approximate surface area is 149 Å². The Morgan fingerprint density at radius 3 is 1.84 bits per heavy atom. The molecule has 4 aliphatic carbocycles. The number of benzene rings is 1. The molecule has 1 aromatic carbocycles. The second kappa shape index (κ2) is 6.43. The normalized spacial score (nSPS) is 32.4. The zero-order valence-electron chi connectivity index (χ0n) is 15.2. The number of rotatable bonds is 5. The first-order valence-corrected chi connectivity index (χ1v) is 9.23. The van der Waals surface area contributed by atoms with Crippen LogP contribution in [0.5, 0.6) is 17.2 Å². The number of hydrogen-bond acceptors (Lipinski definition) is 4. The van der Waals surface area contributed by atoms with Crippen molar-refractivity contribution in [2.45, 2.75) is 38.1 Å². The Kier molecular flexibility index (Phi) is 4.26. The summed E-state index contributed by atoms with van der Waals surface area (Å²) in [6, 6.07) is 3.78. The van der Waals surface area contributed by atoms with Crippen LogP contribution >= 0.6 is 0 Å². The molecule has 0 heterocycles. The Morgan fingerprint density at radius 1 is 0.880 bits per heavy atom. The molecule has 0 unspecified atom stereocenters. The topological polar surface area (TPSA) is 56.8 Å². The molecule has 4 fully saturated rings. The third-order valence-electron chi connectivity index (χ3n) is 6.45. The Bertz CT molecular complexity index is 619. The molecule has 0 aliphatic heterocycles. The lowest BCUT2D eigenvalue weighted by molar-refractivity contribution is -0.0119. The van der Waals surface area contributed by atoms with Gasteiger partial charge in [-0.2, -0.15) is 0 Å². The van der Waals surface area contributed by atoms with Gasteiger partial charge in [0.15, 0.2) is 11.5 Å². The van der Waals surface area contributed by atoms with Gasteiger partial charge < -0.3 is 19.5 Å². The molecule has 5 rings (SSSR count). The van der Waals surface area contributed by atoms with Gasteiger partial charge in [-0.05, 0) is 67.9 Å². The molecular weight excluding hydrogens is 318 g/mol. The summed E-state index contributed by atoms with van der Waals surface area (Å²) in [6.07, 6.45) is 6.56. The molecule has 25 heavy (non-hydrogen) atoms. The summed E-state index contributed by atoms with van der Waals surface area (Å²) < 4.78 is 16.1. The molecule has 0 spiro atoms. The highest BCUT2D eigenvalue weighted by atomic mass is 16.5. The second-order valence-electron chi connectivity index (χ2n) is 7.84. The molecule has 0 saturated heterocycles. The molecule has 0 aromatic heterocycles. The largest absolute Gasteiger partial charge is 0.493 e. The fraction of sp³-hybridized carbons (Fsp3) is 0.650. The molecule has 5 heteroatoms. The molecule has 4 aliphatic rings. The Hall–Kier alpha value is -1.91. The Morgan fingerprint density at radius 2 is 1.40 bits per heavy atom. The summed E-state index contributed by atoms with van der Waals surface area (Å²) in [5.74, 6) is 4.60. The van der Waals surface area contributed by atoms with Gasteiger partial charge in [0, 0.05) is 11.6 Å². The number of carbonyl (C=O) groups is 1. The molecule has 1 amide bonds. The van der Waals surface area contributed by atoms with E-state index in [4.69, 9.17) is 14.2 Å². The van der Waals surface area contributed by atoms with Crippen LogP contribution in [0.1, 0.15) is 42.5 Å². The molecule has 5 nitrogen and oxygen atoms in total. The number of methoxy groups -OCH3 is 3. The fourth-order valence-corrected chi connectivity index (χ4v) is 5.61. The summed E-state index contributed by atoms with van der Waals surface area (Å²) in [5.41, 5.74) is 0.559. The van der Waals surface area contributed by atoms with Gasteiger partial charge in [0.25, 0.3) is 5.91 Å². The van der Waals surface area contributed by atoms with Gasteiger partial charge >= 0.3 is 0 Å². The van der Waals surface area contributed by atoms with Crippen molar-refractivity contribution in [3.63, 3.8) is 0 Å². The van der Waals surface area contributed by atoms with Crippen LogP contribution in [0.4, 0.5) is 0 Å². The third kappa shape index (κ3) is 2.83. The van der Waals surface area contributed by atoms with Gasteiger partial charge in [0.2, 0.25) is 5.75 Å². The predicted molar refractivity (Wildman–Crippen MR) is 94.4 cm³/mol. The van der Waals surface area contributed by atoms with E-state index in [1.807, 2.05) is 0 Å². The van der Waals surface area contributed by atoms with Gasteiger partial charge in [0.05, 0.1) is 21.3 Å². The summed E-state index contributed by atoms with van der Waals surface area (Å²) in [5, 5.41) is 3.33. The zero-order valence-corrected chi connectivity index (χ0v) is 15.2. The van der Waals surface area contributed by atoms with Crippen LogP contribution in [0, 0.1) is 23.7 Å². The molecule has 4 bridgehead atoms. The average molecular weight is 345 g/mol. The minimum atomic E-state index is -0.0447. The van der Waals surface area contributed by atoms with E-state index in [1.165, 1.54) is 32.1 Å². The highest BCUT2D eigenvalue weighted by Gasteiger charge is 2.48. The van der Waals surface area contributed by atoms with Crippen LogP contribution in [0.15, 0.2) is 12.1 Å². The van der Waals surface area contributed by atoms with E-state index in [0.717, 1.165) is 11.8 Å². The van der Waals surface area contributed by atoms with Crippen molar-refractivity contribution in [1.29, 1.82) is 0 Å². The summed E-state index contributed by atoms with van der Waals surface area (Å²) in [4.78, 5) is 12.9. The van der Waals surface area contributed by atoms with Crippen LogP contribution < -0.4 is 19.5 Å². The molecule has 0 radical (unpaired) electrons. The monoisotopic (exact) mass is 345 g/mol. The number of hydrogen-bond donors (Lipinski definition) is 1. The number of carbonyl (C=O) groups excluding carboxylic acids is 1. The SMILES string of the molecule is COc1cc(C(=O)NC2C3CC4CC(C3)CC2C4)cc(OC)c1OC. The van der Waals surface area contributed by atoms with E-state index in [9.17, 15) is 4.79 Å². The summed E-state index contributed by atoms with van der Waals surface area (Å²) >= 11 is 0. The first-order valence-electron chi connectivity index (χ1n) is 9.23. The van der Waals surface area contributed by atoms with E-state index < -0.39 is 0 Å². The average Bonchev–Trinajstić information content (AvgIpc) is 2.62. The molecular formula is C20H27NO4. The highest BCUT2D eigenvalue weighted by molar-refractivity contribution is 5.95. The minimum Gasteiger partial charge on any atom is -0.493 e. The molecule has 1 aromatic rings. The van der Waals surface area contributed by atoms with Crippen LogP contribution in [0.3, 0.4) is 0 Å². The smallest absolute Gasteiger partial charge is 0.251 e. The van der Waals surface area contributed by atoms with Crippen LogP contribution in [-0.4, -0.2) is 33.3 Å². The van der Waals surface area contributed by atoms with Crippen LogP contribution in [-0.2, 0) is 0 Å². The van der Waals surface area contributed by atoms with Crippen molar-refractivity contribution >= 4 is 5.91 Å². The molecule has 4 saturated carbocycles. The van der Waals surface area contributed by atoms with E-state index in [0.29, 0.717) is 40.7 Å². The van der Waals surface area contributed by atoms with E-state index >= 15 is 0 Å². The van der Waals surface area contributed by atoms with Gasteiger partial charge in [0.1, 0.15) is 0 Å². The number of amides is 1. The van der Waals surface area contributed by atoms with Crippen molar-refractivity contribution in [2.75, 3.05) is 21.3 Å². The van der Waals surface area contributed by atoms with Crippen molar-refractivity contribution < 1.29 is 19.0 Å². The van der Waals surface area contributed by atoms with Gasteiger partial charge in [-0.15, -0.1) is 0 Å². The lowest BCUT2D eigenvalue weighted by atomic mass is 9.54. The van der Waals surface area contributed by atoms with Crippen molar-refractivity contribution in [1.82, 2.24) is 5.32 Å². The van der Waals surface area contributed by atoms with Gasteiger partial charge in [-0.3, -0.25) is 4.79 Å². The number of nitrogens with one attached hydrogen (secondary N) is 1. The zero-order chi connectivity index (χ0) is 17.6. The molecule has 136 valence electrons. The Balaban J connectivity index is 1.55. The third-order valence-corrected chi connectivity index (χ3v) is 6.45. The first kappa shape index (κ1) is 16.6. The van der Waals surface area contributed by atoms with Crippen LogP contribution in [0.25, 0.3) is 0 Å². The van der Waals surface area contributed by atoms with Crippen LogP contribution in [0.2, 0.25) is 0 Å². The summed E-state index contributed by atoms with van der Waals surface area (Å²) in [6.45, 7) is 0. The quantitative estimate of drug-likeness (QED) is 0.890. The maximum Gasteiger partial charge on any atom is 0.251 e. The van der Waals surface area contributed by atoms with E-state index in [2.05, 4.69) is 5.32 Å². The molecule has 0 atom stereocenters. The fourth-order valence-electron chi connectivity index (χ4n) is 5.61. The first-order chi connectivity index (χ1) is 12.1.